The van der Waals surface area contributed by atoms with Crippen molar-refractivity contribution in [2.45, 2.75) is 19.8 Å². The van der Waals surface area contributed by atoms with E-state index in [-0.39, 0.29) is 44.4 Å². The van der Waals surface area contributed by atoms with Gasteiger partial charge >= 0.3 is 5.69 Å². The molecule has 0 bridgehead atoms. The van der Waals surface area contributed by atoms with Gasteiger partial charge in [-0.15, -0.1) is 5.10 Å². The summed E-state index contributed by atoms with van der Waals surface area (Å²) >= 11 is 12.5. The van der Waals surface area contributed by atoms with Gasteiger partial charge in [-0.25, -0.2) is 9.89 Å². The van der Waals surface area contributed by atoms with Gasteiger partial charge in [0.25, 0.3) is 11.1 Å². The molecule has 0 spiro atoms. The van der Waals surface area contributed by atoms with Gasteiger partial charge in [0, 0.05) is 23.9 Å². The van der Waals surface area contributed by atoms with Crippen molar-refractivity contribution < 1.29 is 4.74 Å². The molecule has 11 heteroatoms. The fourth-order valence-corrected chi connectivity index (χ4v) is 2.95. The number of hydrogen-bond acceptors (Lipinski definition) is 6. The summed E-state index contributed by atoms with van der Waals surface area (Å²) in [7, 11) is 0. The Bertz CT molecular complexity index is 1320. The first-order valence-electron chi connectivity index (χ1n) is 8.24. The second-order valence-corrected chi connectivity index (χ2v) is 7.08. The maximum Gasteiger partial charge on any atom is 0.333 e. The molecule has 0 aliphatic heterocycles. The van der Waals surface area contributed by atoms with Crippen LogP contribution in [0.2, 0.25) is 10.0 Å². The summed E-state index contributed by atoms with van der Waals surface area (Å²) < 4.78 is 6.62. The quantitative estimate of drug-likeness (QED) is 0.649. The lowest BCUT2D eigenvalue weighted by Gasteiger charge is -2.13. The van der Waals surface area contributed by atoms with E-state index in [0.717, 1.165) is 10.8 Å². The first kappa shape index (κ1) is 20.4. The molecule has 0 unspecified atom stereocenters. The minimum Gasteiger partial charge on any atom is -0.436 e. The predicted octanol–water partition coefficient (Wildman–Crippen LogP) is 2.70. The van der Waals surface area contributed by atoms with Crippen molar-refractivity contribution in [3.05, 3.63) is 76.8 Å². The molecule has 0 radical (unpaired) electrons. The number of aromatic amines is 2. The molecule has 2 aromatic heterocycles. The summed E-state index contributed by atoms with van der Waals surface area (Å²) in [5.74, 6) is 0.187. The SMILES string of the molecule is CC(C)c1cc(Oc2cc(Cl)c(-n3cc(C#N)c(=O)[nH]c3=O)cc2Cl)n[nH]c1=O. The predicted molar refractivity (Wildman–Crippen MR) is 106 cm³/mol. The van der Waals surface area contributed by atoms with E-state index in [4.69, 9.17) is 33.2 Å². The van der Waals surface area contributed by atoms with E-state index < -0.39 is 11.2 Å². The van der Waals surface area contributed by atoms with Gasteiger partial charge in [-0.05, 0) is 12.0 Å². The Labute approximate surface area is 173 Å². The molecule has 0 atom stereocenters. The normalized spacial score (nSPS) is 10.8. The van der Waals surface area contributed by atoms with Crippen molar-refractivity contribution in [3.8, 4) is 23.4 Å². The maximum absolute atomic E-state index is 12.1. The highest BCUT2D eigenvalue weighted by Gasteiger charge is 2.15. The highest BCUT2D eigenvalue weighted by Crippen LogP contribution is 2.35. The third-order valence-electron chi connectivity index (χ3n) is 3.97. The van der Waals surface area contributed by atoms with Gasteiger partial charge < -0.3 is 4.74 Å². The molecule has 29 heavy (non-hydrogen) atoms. The summed E-state index contributed by atoms with van der Waals surface area (Å²) in [6.07, 6.45) is 1.07. The van der Waals surface area contributed by atoms with Crippen LogP contribution in [0.3, 0.4) is 0 Å². The van der Waals surface area contributed by atoms with Crippen molar-refractivity contribution in [1.82, 2.24) is 19.7 Å². The third-order valence-corrected chi connectivity index (χ3v) is 4.57. The molecular formula is C18H13Cl2N5O4. The molecule has 0 aliphatic rings. The van der Waals surface area contributed by atoms with Gasteiger partial charge in [0.2, 0.25) is 5.88 Å². The van der Waals surface area contributed by atoms with Crippen molar-refractivity contribution in [3.63, 3.8) is 0 Å². The van der Waals surface area contributed by atoms with Crippen LogP contribution in [0.5, 0.6) is 11.6 Å². The Morgan fingerprint density at radius 3 is 2.52 bits per heavy atom. The number of aromatic nitrogens is 4. The van der Waals surface area contributed by atoms with Crippen LogP contribution in [-0.4, -0.2) is 19.7 Å². The fourth-order valence-electron chi connectivity index (χ4n) is 2.51. The number of H-pyrrole nitrogens is 2. The Morgan fingerprint density at radius 2 is 1.86 bits per heavy atom. The second-order valence-electron chi connectivity index (χ2n) is 6.27. The molecule has 0 saturated carbocycles. The summed E-state index contributed by atoms with van der Waals surface area (Å²) in [4.78, 5) is 37.5. The largest absolute Gasteiger partial charge is 0.436 e. The number of nitriles is 1. The Morgan fingerprint density at radius 1 is 1.14 bits per heavy atom. The first-order valence-corrected chi connectivity index (χ1v) is 8.99. The molecule has 0 amide bonds. The van der Waals surface area contributed by atoms with Crippen LogP contribution >= 0.6 is 23.2 Å². The van der Waals surface area contributed by atoms with Crippen LogP contribution in [0.1, 0.15) is 30.9 Å². The van der Waals surface area contributed by atoms with E-state index in [2.05, 4.69) is 10.2 Å². The molecule has 0 aliphatic carbocycles. The van der Waals surface area contributed by atoms with Crippen molar-refractivity contribution in [2.75, 3.05) is 0 Å². The zero-order chi connectivity index (χ0) is 21.3. The summed E-state index contributed by atoms with van der Waals surface area (Å²) in [6.45, 7) is 3.70. The molecule has 3 rings (SSSR count). The standard InChI is InChI=1S/C18H13Cl2N5O4/c1-8(2)10-3-15(23-24-17(10)27)29-14-5-11(19)13(4-12(14)20)25-7-9(6-21)16(26)22-18(25)28/h3-5,7-8H,1-2H3,(H,24,27)(H,22,26,28). The average molecular weight is 434 g/mol. The highest BCUT2D eigenvalue weighted by molar-refractivity contribution is 6.35. The monoisotopic (exact) mass is 433 g/mol. The zero-order valence-corrected chi connectivity index (χ0v) is 16.6. The molecule has 2 N–H and O–H groups in total. The summed E-state index contributed by atoms with van der Waals surface area (Å²) in [6, 6.07) is 5.88. The van der Waals surface area contributed by atoms with E-state index in [0.29, 0.717) is 5.56 Å². The van der Waals surface area contributed by atoms with Crippen molar-refractivity contribution in [1.29, 1.82) is 5.26 Å². The minimum atomic E-state index is -0.805. The zero-order valence-electron chi connectivity index (χ0n) is 15.1. The molecule has 148 valence electrons. The minimum absolute atomic E-state index is 0.0491. The molecular weight excluding hydrogens is 421 g/mol. The van der Waals surface area contributed by atoms with Crippen LogP contribution in [0.25, 0.3) is 5.69 Å². The number of halogens is 2. The smallest absolute Gasteiger partial charge is 0.333 e. The van der Waals surface area contributed by atoms with E-state index >= 15 is 0 Å². The first-order chi connectivity index (χ1) is 13.7. The summed E-state index contributed by atoms with van der Waals surface area (Å²) in [5.41, 5.74) is -1.56. The van der Waals surface area contributed by atoms with Crippen LogP contribution in [0.15, 0.2) is 38.8 Å². The van der Waals surface area contributed by atoms with Gasteiger partial charge in [-0.3, -0.25) is 19.1 Å². The molecule has 1 aromatic carbocycles. The Kier molecular flexibility index (Phi) is 5.59. The summed E-state index contributed by atoms with van der Waals surface area (Å²) in [5, 5.41) is 15.3. The van der Waals surface area contributed by atoms with Crippen LogP contribution in [-0.2, 0) is 0 Å². The van der Waals surface area contributed by atoms with Crippen molar-refractivity contribution in [2.24, 2.45) is 0 Å². The molecule has 0 fully saturated rings. The molecule has 2 heterocycles. The molecule has 0 saturated heterocycles. The average Bonchev–Trinajstić information content (AvgIpc) is 2.66. The number of nitrogens with one attached hydrogen (secondary N) is 2. The van der Waals surface area contributed by atoms with Gasteiger partial charge in [0.15, 0.2) is 0 Å². The van der Waals surface area contributed by atoms with E-state index in [1.807, 2.05) is 18.8 Å². The van der Waals surface area contributed by atoms with Crippen LogP contribution in [0.4, 0.5) is 0 Å². The molecule has 9 nitrogen and oxygen atoms in total. The lowest BCUT2D eigenvalue weighted by atomic mass is 10.1. The number of nitrogens with zero attached hydrogens (tertiary/aromatic N) is 3. The van der Waals surface area contributed by atoms with E-state index in [9.17, 15) is 14.4 Å². The Balaban J connectivity index is 2.05. The van der Waals surface area contributed by atoms with Crippen LogP contribution < -0.4 is 21.5 Å². The Hall–Kier alpha value is -3.35. The van der Waals surface area contributed by atoms with E-state index in [1.54, 1.807) is 6.07 Å². The van der Waals surface area contributed by atoms with Gasteiger partial charge in [0.05, 0.1) is 15.7 Å². The topological polar surface area (TPSA) is 134 Å². The van der Waals surface area contributed by atoms with E-state index in [1.165, 1.54) is 18.2 Å². The van der Waals surface area contributed by atoms with Gasteiger partial charge in [-0.1, -0.05) is 37.0 Å². The number of hydrogen-bond donors (Lipinski definition) is 2. The number of ether oxygens (including phenoxy) is 1. The third kappa shape index (κ3) is 4.08. The second kappa shape index (κ2) is 7.95. The highest BCUT2D eigenvalue weighted by atomic mass is 35.5. The fraction of sp³-hybridized carbons (Fsp3) is 0.167. The van der Waals surface area contributed by atoms with Gasteiger partial charge in [-0.2, -0.15) is 5.26 Å². The lowest BCUT2D eigenvalue weighted by molar-refractivity contribution is 0.452. The maximum atomic E-state index is 12.1. The van der Waals surface area contributed by atoms with Gasteiger partial charge in [0.1, 0.15) is 17.4 Å². The number of rotatable bonds is 4. The van der Waals surface area contributed by atoms with Crippen molar-refractivity contribution >= 4 is 23.2 Å². The number of benzene rings is 1. The van der Waals surface area contributed by atoms with Crippen LogP contribution in [0, 0.1) is 11.3 Å². The molecule has 3 aromatic rings. The lowest BCUT2D eigenvalue weighted by Crippen LogP contribution is -2.30.